The minimum Gasteiger partial charge on any atom is -0.458 e. The highest BCUT2D eigenvalue weighted by molar-refractivity contribution is 7.09. The molecule has 0 spiro atoms. The molecule has 2 N–H and O–H groups in total. The largest absolute Gasteiger partial charge is 0.458 e. The van der Waals surface area contributed by atoms with E-state index in [0.29, 0.717) is 35.5 Å². The molecule has 2 aliphatic rings. The molecule has 39 heavy (non-hydrogen) atoms. The normalized spacial score (nSPS) is 34.3. The summed E-state index contributed by atoms with van der Waals surface area (Å²) in [7, 11) is 0. The number of Topliss-reactive ketones (excluding diaryl/α,β-unsaturated/α-hetero) is 1. The molecule has 11 nitrogen and oxygen atoms in total. The number of aliphatic hydroxyl groups is 2. The van der Waals surface area contributed by atoms with Gasteiger partial charge in [0.25, 0.3) is 0 Å². The first-order valence-electron chi connectivity index (χ1n) is 13.2. The van der Waals surface area contributed by atoms with E-state index >= 15 is 0 Å². The lowest BCUT2D eigenvalue weighted by atomic mass is 9.73. The second-order valence-corrected chi connectivity index (χ2v) is 12.2. The van der Waals surface area contributed by atoms with E-state index in [2.05, 4.69) is 21.1 Å². The van der Waals surface area contributed by atoms with Crippen LogP contribution in [0, 0.1) is 28.6 Å². The van der Waals surface area contributed by atoms with Crippen molar-refractivity contribution in [3.63, 3.8) is 0 Å². The van der Waals surface area contributed by atoms with Gasteiger partial charge in [-0.25, -0.2) is 4.98 Å². The summed E-state index contributed by atoms with van der Waals surface area (Å²) in [6, 6.07) is 2.27. The fourth-order valence-corrected chi connectivity index (χ4v) is 5.78. The van der Waals surface area contributed by atoms with Gasteiger partial charge >= 0.3 is 5.97 Å². The van der Waals surface area contributed by atoms with Crippen molar-refractivity contribution in [2.75, 3.05) is 0 Å². The van der Waals surface area contributed by atoms with E-state index in [4.69, 9.17) is 15.0 Å². The molecule has 12 heteroatoms. The SMILES string of the molecule is C/C(=C\c1csc(CN=[N+]=[N-])n1)[C@@H]1C[C@@H]2O[C@@]2(C#N)CCC[C@H](C)[C@H](O)[C@@H](C)C(=O)C(C)(C)[C@@H](O)CC(=O)O1. The van der Waals surface area contributed by atoms with Gasteiger partial charge in [0, 0.05) is 22.6 Å². The van der Waals surface area contributed by atoms with E-state index in [-0.39, 0.29) is 24.7 Å². The Morgan fingerprint density at radius 1 is 1.38 bits per heavy atom. The highest BCUT2D eigenvalue weighted by Gasteiger charge is 2.57. The van der Waals surface area contributed by atoms with Gasteiger partial charge in [-0.2, -0.15) is 5.26 Å². The number of carbonyl (C=O) groups is 2. The number of epoxide rings is 1. The number of aromatic nitrogens is 1. The third kappa shape index (κ3) is 7.24. The number of rotatable bonds is 4. The van der Waals surface area contributed by atoms with Gasteiger partial charge in [0.15, 0.2) is 5.60 Å². The summed E-state index contributed by atoms with van der Waals surface area (Å²) >= 11 is 1.34. The molecule has 2 fully saturated rings. The third-order valence-corrected chi connectivity index (χ3v) is 8.83. The zero-order chi connectivity index (χ0) is 29.0. The number of ether oxygens (including phenoxy) is 2. The Morgan fingerprint density at radius 2 is 2.10 bits per heavy atom. The number of aliphatic hydroxyl groups excluding tert-OH is 2. The molecular formula is C27H37N5O6S. The Hall–Kier alpha value is -2.81. The van der Waals surface area contributed by atoms with Gasteiger partial charge in [0.05, 0.1) is 41.3 Å². The Kier molecular flexibility index (Phi) is 9.91. The smallest absolute Gasteiger partial charge is 0.309 e. The molecule has 1 aromatic heterocycles. The summed E-state index contributed by atoms with van der Waals surface area (Å²) in [6.07, 6.45) is -0.193. The van der Waals surface area contributed by atoms with E-state index < -0.39 is 53.7 Å². The van der Waals surface area contributed by atoms with Crippen LogP contribution in [-0.2, 0) is 25.6 Å². The summed E-state index contributed by atoms with van der Waals surface area (Å²) in [5.41, 5.74) is 7.53. The lowest BCUT2D eigenvalue weighted by Gasteiger charge is -2.34. The first-order valence-corrected chi connectivity index (χ1v) is 14.0. The van der Waals surface area contributed by atoms with Crippen molar-refractivity contribution in [3.05, 3.63) is 32.1 Å². The molecule has 1 aromatic rings. The number of cyclic esters (lactones) is 1. The highest BCUT2D eigenvalue weighted by atomic mass is 32.1. The number of esters is 1. The molecular weight excluding hydrogens is 522 g/mol. The van der Waals surface area contributed by atoms with Crippen LogP contribution in [0.3, 0.4) is 0 Å². The zero-order valence-electron chi connectivity index (χ0n) is 23.0. The van der Waals surface area contributed by atoms with Gasteiger partial charge in [0.1, 0.15) is 24.1 Å². The van der Waals surface area contributed by atoms with Gasteiger partial charge in [-0.3, -0.25) is 9.59 Å². The molecule has 3 rings (SSSR count). The number of ketones is 1. The molecule has 0 amide bonds. The summed E-state index contributed by atoms with van der Waals surface area (Å²) in [5, 5.41) is 37.6. The number of fused-ring (bicyclic) bond motifs is 1. The van der Waals surface area contributed by atoms with Crippen LogP contribution >= 0.6 is 11.3 Å². The molecule has 0 saturated carbocycles. The number of nitriles is 1. The molecule has 0 radical (unpaired) electrons. The Balaban J connectivity index is 1.88. The number of thiazole rings is 1. The molecule has 3 heterocycles. The van der Waals surface area contributed by atoms with Crippen molar-refractivity contribution in [3.8, 4) is 6.07 Å². The Labute approximate surface area is 232 Å². The van der Waals surface area contributed by atoms with Crippen LogP contribution in [0.15, 0.2) is 16.1 Å². The molecule has 7 atom stereocenters. The van der Waals surface area contributed by atoms with Gasteiger partial charge in [0.2, 0.25) is 0 Å². The van der Waals surface area contributed by atoms with Crippen molar-refractivity contribution in [2.24, 2.45) is 22.4 Å². The van der Waals surface area contributed by atoms with Crippen molar-refractivity contribution >= 4 is 29.2 Å². The number of carbonyl (C=O) groups excluding carboxylic acids is 2. The summed E-state index contributed by atoms with van der Waals surface area (Å²) in [4.78, 5) is 33.4. The van der Waals surface area contributed by atoms with Crippen molar-refractivity contribution < 1.29 is 29.3 Å². The van der Waals surface area contributed by atoms with Crippen LogP contribution in [-0.4, -0.2) is 57.0 Å². The van der Waals surface area contributed by atoms with Crippen LogP contribution < -0.4 is 0 Å². The van der Waals surface area contributed by atoms with Gasteiger partial charge < -0.3 is 19.7 Å². The second-order valence-electron chi connectivity index (χ2n) is 11.2. The van der Waals surface area contributed by atoms with Crippen LogP contribution in [0.25, 0.3) is 16.5 Å². The minimum atomic E-state index is -1.32. The predicted molar refractivity (Wildman–Crippen MR) is 144 cm³/mol. The van der Waals surface area contributed by atoms with Crippen molar-refractivity contribution in [1.29, 1.82) is 5.26 Å². The van der Waals surface area contributed by atoms with E-state index in [9.17, 15) is 25.1 Å². The number of azide groups is 1. The summed E-state index contributed by atoms with van der Waals surface area (Å²) < 4.78 is 11.6. The molecule has 2 saturated heterocycles. The molecule has 0 aliphatic carbocycles. The number of hydrogen-bond acceptors (Lipinski definition) is 10. The fourth-order valence-electron chi connectivity index (χ4n) is 5.11. The standard InChI is InChI=1S/C27H37N5O6S/c1-15-7-6-8-27(14-28)21(38-27)10-19(16(2)9-18-13-39-22(31-18)12-30-32-29)37-23(34)11-20(33)26(4,5)25(36)17(3)24(15)35/h9,13,15,17,19-21,24,33,35H,6-8,10-12H2,1-5H3/b16-9+/t15-,17+,19-,20-,21-,24-,27+/m0/s1. The van der Waals surface area contributed by atoms with Crippen molar-refractivity contribution in [1.82, 2.24) is 4.98 Å². The zero-order valence-corrected chi connectivity index (χ0v) is 23.8. The summed E-state index contributed by atoms with van der Waals surface area (Å²) in [6.45, 7) is 8.56. The van der Waals surface area contributed by atoms with Crippen LogP contribution in [0.5, 0.6) is 0 Å². The Morgan fingerprint density at radius 3 is 2.77 bits per heavy atom. The fraction of sp³-hybridized carbons (Fsp3) is 0.704. The van der Waals surface area contributed by atoms with Crippen LogP contribution in [0.2, 0.25) is 0 Å². The molecule has 2 aliphatic heterocycles. The second kappa shape index (κ2) is 12.6. The van der Waals surface area contributed by atoms with Gasteiger partial charge in [-0.1, -0.05) is 32.8 Å². The van der Waals surface area contributed by atoms with E-state index in [1.165, 1.54) is 11.3 Å². The maximum Gasteiger partial charge on any atom is 0.309 e. The minimum absolute atomic E-state index is 0.133. The number of hydrogen-bond donors (Lipinski definition) is 2. The quantitative estimate of drug-likeness (QED) is 0.178. The first kappa shape index (κ1) is 30.7. The topological polar surface area (TPSA) is 182 Å². The number of nitrogens with zero attached hydrogens (tertiary/aromatic N) is 5. The molecule has 212 valence electrons. The maximum atomic E-state index is 13.3. The molecule has 0 unspecified atom stereocenters. The monoisotopic (exact) mass is 559 g/mol. The van der Waals surface area contributed by atoms with E-state index in [0.717, 1.165) is 0 Å². The Bertz CT molecular complexity index is 1190. The predicted octanol–water partition coefficient (Wildman–Crippen LogP) is 4.48. The van der Waals surface area contributed by atoms with Crippen molar-refractivity contribution in [2.45, 2.75) is 103 Å². The average molecular weight is 560 g/mol. The van der Waals surface area contributed by atoms with E-state index in [1.807, 2.05) is 6.92 Å². The van der Waals surface area contributed by atoms with Gasteiger partial charge in [-0.15, -0.1) is 11.3 Å². The van der Waals surface area contributed by atoms with Crippen LogP contribution in [0.4, 0.5) is 0 Å². The first-order chi connectivity index (χ1) is 18.3. The average Bonchev–Trinajstić information content (AvgIpc) is 3.39. The summed E-state index contributed by atoms with van der Waals surface area (Å²) in [5.74, 6) is -1.98. The molecule has 0 bridgehead atoms. The lowest BCUT2D eigenvalue weighted by Crippen LogP contribution is -2.45. The van der Waals surface area contributed by atoms with Crippen LogP contribution in [0.1, 0.15) is 77.4 Å². The lowest BCUT2D eigenvalue weighted by molar-refractivity contribution is -0.154. The van der Waals surface area contributed by atoms with E-state index in [1.54, 1.807) is 39.2 Å². The maximum absolute atomic E-state index is 13.3. The van der Waals surface area contributed by atoms with Gasteiger partial charge in [-0.05, 0) is 49.3 Å². The third-order valence-electron chi connectivity index (χ3n) is 7.97. The molecule has 0 aromatic carbocycles. The highest BCUT2D eigenvalue weighted by Crippen LogP contribution is 2.45.